The molecule has 1 unspecified atom stereocenters. The van der Waals surface area contributed by atoms with Gasteiger partial charge in [-0.2, -0.15) is 0 Å². The van der Waals surface area contributed by atoms with Gasteiger partial charge in [0.2, 0.25) is 0 Å². The lowest BCUT2D eigenvalue weighted by atomic mass is 9.91. The van der Waals surface area contributed by atoms with Crippen LogP contribution in [0.5, 0.6) is 0 Å². The maximum absolute atomic E-state index is 8.89. The lowest BCUT2D eigenvalue weighted by molar-refractivity contribution is 0.262. The number of hydrogen-bond acceptors (Lipinski definition) is 2. The Balaban J connectivity index is 2.66. The van der Waals surface area contributed by atoms with Gasteiger partial charge in [0.15, 0.2) is 0 Å². The molecule has 1 aromatic heterocycles. The van der Waals surface area contributed by atoms with Gasteiger partial charge in [-0.3, -0.25) is 0 Å². The molecule has 0 radical (unpaired) electrons. The Kier molecular flexibility index (Phi) is 3.76. The number of thiophene rings is 1. The van der Waals surface area contributed by atoms with Crippen molar-refractivity contribution in [3.63, 3.8) is 0 Å². The van der Waals surface area contributed by atoms with Crippen LogP contribution in [-0.4, -0.2) is 11.7 Å². The summed E-state index contributed by atoms with van der Waals surface area (Å²) in [6.45, 7) is 4.71. The second-order valence-electron chi connectivity index (χ2n) is 3.38. The van der Waals surface area contributed by atoms with E-state index in [0.717, 1.165) is 6.42 Å². The molecule has 0 aliphatic carbocycles. The molecule has 1 heterocycles. The fourth-order valence-corrected chi connectivity index (χ4v) is 2.48. The molecule has 1 nitrogen and oxygen atoms in total. The van der Waals surface area contributed by atoms with Gasteiger partial charge in [-0.1, -0.05) is 19.9 Å². The van der Waals surface area contributed by atoms with Crippen molar-refractivity contribution in [3.05, 3.63) is 22.4 Å². The summed E-state index contributed by atoms with van der Waals surface area (Å²) in [5, 5.41) is 11.0. The highest BCUT2D eigenvalue weighted by Crippen LogP contribution is 2.30. The highest BCUT2D eigenvalue weighted by molar-refractivity contribution is 7.10. The van der Waals surface area contributed by atoms with Crippen molar-refractivity contribution in [2.75, 3.05) is 6.61 Å². The minimum Gasteiger partial charge on any atom is -0.396 e. The highest BCUT2D eigenvalue weighted by atomic mass is 32.1. The molecule has 0 bridgehead atoms. The number of aliphatic hydroxyl groups is 1. The number of rotatable bonds is 4. The molecule has 12 heavy (non-hydrogen) atoms. The van der Waals surface area contributed by atoms with Gasteiger partial charge in [0.05, 0.1) is 0 Å². The topological polar surface area (TPSA) is 20.2 Å². The molecule has 0 saturated carbocycles. The van der Waals surface area contributed by atoms with E-state index >= 15 is 0 Å². The Morgan fingerprint density at radius 2 is 2.25 bits per heavy atom. The molecule has 68 valence electrons. The summed E-state index contributed by atoms with van der Waals surface area (Å²) in [7, 11) is 0. The van der Waals surface area contributed by atoms with Crippen LogP contribution in [0.15, 0.2) is 17.5 Å². The fourth-order valence-electron chi connectivity index (χ4n) is 1.45. The van der Waals surface area contributed by atoms with Crippen LogP contribution in [0.2, 0.25) is 0 Å². The van der Waals surface area contributed by atoms with Gasteiger partial charge in [-0.25, -0.2) is 0 Å². The van der Waals surface area contributed by atoms with E-state index in [1.807, 2.05) is 0 Å². The van der Waals surface area contributed by atoms with Crippen LogP contribution in [0, 0.1) is 5.92 Å². The van der Waals surface area contributed by atoms with Crippen molar-refractivity contribution < 1.29 is 5.11 Å². The quantitative estimate of drug-likeness (QED) is 0.763. The first kappa shape index (κ1) is 9.75. The third kappa shape index (κ3) is 2.32. The van der Waals surface area contributed by atoms with Crippen molar-refractivity contribution in [1.82, 2.24) is 0 Å². The molecule has 0 saturated heterocycles. The third-order valence-electron chi connectivity index (χ3n) is 2.15. The maximum atomic E-state index is 8.89. The van der Waals surface area contributed by atoms with Crippen LogP contribution in [-0.2, 0) is 0 Å². The summed E-state index contributed by atoms with van der Waals surface area (Å²) < 4.78 is 0. The molecule has 0 aromatic carbocycles. The van der Waals surface area contributed by atoms with E-state index in [0.29, 0.717) is 18.4 Å². The van der Waals surface area contributed by atoms with Gasteiger partial charge < -0.3 is 5.11 Å². The third-order valence-corrected chi connectivity index (χ3v) is 3.16. The first-order valence-corrected chi connectivity index (χ1v) is 5.28. The molecule has 1 aromatic rings. The molecule has 1 N–H and O–H groups in total. The Morgan fingerprint density at radius 3 is 2.67 bits per heavy atom. The van der Waals surface area contributed by atoms with Gasteiger partial charge >= 0.3 is 0 Å². The summed E-state index contributed by atoms with van der Waals surface area (Å²) in [5.41, 5.74) is 0. The van der Waals surface area contributed by atoms with Crippen LogP contribution in [0.1, 0.15) is 31.1 Å². The number of aliphatic hydroxyl groups excluding tert-OH is 1. The standard InChI is InChI=1S/C10H16OS/c1-8(2)9(5-6-11)10-4-3-7-12-10/h3-4,7-9,11H,5-6H2,1-2H3. The van der Waals surface area contributed by atoms with E-state index in [9.17, 15) is 0 Å². The van der Waals surface area contributed by atoms with Crippen molar-refractivity contribution in [3.8, 4) is 0 Å². The SMILES string of the molecule is CC(C)C(CCO)c1cccs1. The largest absolute Gasteiger partial charge is 0.396 e. The van der Waals surface area contributed by atoms with E-state index in [-0.39, 0.29) is 0 Å². The zero-order valence-electron chi connectivity index (χ0n) is 7.66. The van der Waals surface area contributed by atoms with Gasteiger partial charge in [0.1, 0.15) is 0 Å². The first-order valence-electron chi connectivity index (χ1n) is 4.40. The Bertz CT molecular complexity index is 204. The van der Waals surface area contributed by atoms with E-state index in [2.05, 4.69) is 31.4 Å². The van der Waals surface area contributed by atoms with Crippen LogP contribution in [0.25, 0.3) is 0 Å². The monoisotopic (exact) mass is 184 g/mol. The molecule has 1 atom stereocenters. The van der Waals surface area contributed by atoms with E-state index in [4.69, 9.17) is 5.11 Å². The normalized spacial score (nSPS) is 13.7. The molecule has 0 spiro atoms. The van der Waals surface area contributed by atoms with Gasteiger partial charge in [-0.05, 0) is 29.7 Å². The fraction of sp³-hybridized carbons (Fsp3) is 0.600. The second kappa shape index (κ2) is 4.63. The zero-order valence-corrected chi connectivity index (χ0v) is 8.47. The van der Waals surface area contributed by atoms with Crippen LogP contribution < -0.4 is 0 Å². The van der Waals surface area contributed by atoms with Crippen molar-refractivity contribution >= 4 is 11.3 Å². The Labute approximate surface area is 78.1 Å². The summed E-state index contributed by atoms with van der Waals surface area (Å²) in [4.78, 5) is 1.40. The van der Waals surface area contributed by atoms with Crippen LogP contribution in [0.3, 0.4) is 0 Å². The predicted octanol–water partition coefficient (Wildman–Crippen LogP) is 2.87. The predicted molar refractivity (Wildman–Crippen MR) is 53.6 cm³/mol. The summed E-state index contributed by atoms with van der Waals surface area (Å²) in [6.07, 6.45) is 0.887. The molecular formula is C10H16OS. The lowest BCUT2D eigenvalue weighted by Crippen LogP contribution is -2.06. The maximum Gasteiger partial charge on any atom is 0.0437 e. The van der Waals surface area contributed by atoms with Gasteiger partial charge in [0, 0.05) is 11.5 Å². The Hall–Kier alpha value is -0.340. The lowest BCUT2D eigenvalue weighted by Gasteiger charge is -2.17. The van der Waals surface area contributed by atoms with Crippen LogP contribution >= 0.6 is 11.3 Å². The summed E-state index contributed by atoms with van der Waals surface area (Å²) >= 11 is 1.79. The molecule has 0 amide bonds. The van der Waals surface area contributed by atoms with E-state index in [1.165, 1.54) is 4.88 Å². The summed E-state index contributed by atoms with van der Waals surface area (Å²) in [5.74, 6) is 1.16. The summed E-state index contributed by atoms with van der Waals surface area (Å²) in [6, 6.07) is 4.23. The van der Waals surface area contributed by atoms with Gasteiger partial charge in [-0.15, -0.1) is 11.3 Å². The molecule has 0 aliphatic heterocycles. The average Bonchev–Trinajstić information content (AvgIpc) is 2.51. The first-order chi connectivity index (χ1) is 5.75. The van der Waals surface area contributed by atoms with E-state index < -0.39 is 0 Å². The minimum absolute atomic E-state index is 0.292. The number of hydrogen-bond donors (Lipinski definition) is 1. The minimum atomic E-state index is 0.292. The average molecular weight is 184 g/mol. The van der Waals surface area contributed by atoms with Crippen molar-refractivity contribution in [1.29, 1.82) is 0 Å². The van der Waals surface area contributed by atoms with Crippen LogP contribution in [0.4, 0.5) is 0 Å². The van der Waals surface area contributed by atoms with Crippen molar-refractivity contribution in [2.45, 2.75) is 26.2 Å². The zero-order chi connectivity index (χ0) is 8.97. The van der Waals surface area contributed by atoms with Crippen molar-refractivity contribution in [2.24, 2.45) is 5.92 Å². The second-order valence-corrected chi connectivity index (χ2v) is 4.36. The van der Waals surface area contributed by atoms with Gasteiger partial charge in [0.25, 0.3) is 0 Å². The molecule has 1 rings (SSSR count). The highest BCUT2D eigenvalue weighted by Gasteiger charge is 2.15. The molecular weight excluding hydrogens is 168 g/mol. The smallest absolute Gasteiger partial charge is 0.0437 e. The van der Waals surface area contributed by atoms with E-state index in [1.54, 1.807) is 11.3 Å². The molecule has 0 fully saturated rings. The molecule has 2 heteroatoms. The molecule has 0 aliphatic rings. The Morgan fingerprint density at radius 1 is 1.50 bits per heavy atom.